The summed E-state index contributed by atoms with van der Waals surface area (Å²) >= 11 is 1.38. The Balaban J connectivity index is 1.60. The summed E-state index contributed by atoms with van der Waals surface area (Å²) in [6, 6.07) is 20.6. The highest BCUT2D eigenvalue weighted by molar-refractivity contribution is 7.12. The van der Waals surface area contributed by atoms with Gasteiger partial charge in [-0.25, -0.2) is 0 Å². The molecule has 3 rings (SSSR count). The molecule has 0 fully saturated rings. The maximum absolute atomic E-state index is 12.4. The third-order valence-corrected chi connectivity index (χ3v) is 4.93. The molecule has 1 unspecified atom stereocenters. The van der Waals surface area contributed by atoms with Gasteiger partial charge in [0.25, 0.3) is 11.8 Å². The van der Waals surface area contributed by atoms with Crippen molar-refractivity contribution < 1.29 is 9.59 Å². The Bertz CT molecular complexity index is 876. The standard InChI is InChI=1S/C21H20N2O2S/c1-15(16-7-3-2-4-8-16)14-22-20(24)17-9-5-10-18(13-17)23-21(25)19-11-6-12-26-19/h2-13,15H,14H2,1H3,(H,22,24)(H,23,25). The fourth-order valence-corrected chi connectivity index (χ4v) is 3.20. The average Bonchev–Trinajstić information content (AvgIpc) is 3.22. The van der Waals surface area contributed by atoms with E-state index in [1.165, 1.54) is 16.9 Å². The monoisotopic (exact) mass is 364 g/mol. The van der Waals surface area contributed by atoms with Gasteiger partial charge in [-0.3, -0.25) is 9.59 Å². The fourth-order valence-electron chi connectivity index (χ4n) is 2.59. The molecule has 2 N–H and O–H groups in total. The van der Waals surface area contributed by atoms with E-state index < -0.39 is 0 Å². The molecular formula is C21H20N2O2S. The van der Waals surface area contributed by atoms with Gasteiger partial charge in [0.05, 0.1) is 4.88 Å². The van der Waals surface area contributed by atoms with Crippen LogP contribution in [0.25, 0.3) is 0 Å². The molecule has 2 amide bonds. The van der Waals surface area contributed by atoms with Crippen LogP contribution in [0.2, 0.25) is 0 Å². The number of hydrogen-bond donors (Lipinski definition) is 2. The number of anilines is 1. The molecule has 26 heavy (non-hydrogen) atoms. The molecule has 3 aromatic rings. The normalized spacial score (nSPS) is 11.6. The number of benzene rings is 2. The van der Waals surface area contributed by atoms with Gasteiger partial charge in [0.2, 0.25) is 0 Å². The van der Waals surface area contributed by atoms with Crippen LogP contribution in [0.5, 0.6) is 0 Å². The van der Waals surface area contributed by atoms with E-state index in [-0.39, 0.29) is 17.7 Å². The molecular weight excluding hydrogens is 344 g/mol. The molecule has 0 radical (unpaired) electrons. The summed E-state index contributed by atoms with van der Waals surface area (Å²) in [5.41, 5.74) is 2.31. The van der Waals surface area contributed by atoms with Gasteiger partial charge in [-0.15, -0.1) is 11.3 Å². The van der Waals surface area contributed by atoms with E-state index in [4.69, 9.17) is 0 Å². The topological polar surface area (TPSA) is 58.2 Å². The SMILES string of the molecule is CC(CNC(=O)c1cccc(NC(=O)c2cccs2)c1)c1ccccc1. The van der Waals surface area contributed by atoms with E-state index in [2.05, 4.69) is 29.7 Å². The predicted octanol–water partition coefficient (Wildman–Crippen LogP) is 4.53. The first kappa shape index (κ1) is 17.9. The third kappa shape index (κ3) is 4.58. The summed E-state index contributed by atoms with van der Waals surface area (Å²) in [4.78, 5) is 25.2. The minimum absolute atomic E-state index is 0.153. The first-order chi connectivity index (χ1) is 12.6. The maximum atomic E-state index is 12.4. The third-order valence-electron chi connectivity index (χ3n) is 4.07. The molecule has 0 aliphatic heterocycles. The Morgan fingerprint density at radius 3 is 2.50 bits per heavy atom. The van der Waals surface area contributed by atoms with E-state index in [9.17, 15) is 9.59 Å². The second-order valence-electron chi connectivity index (χ2n) is 6.03. The summed E-state index contributed by atoms with van der Waals surface area (Å²) in [5.74, 6) is -0.0999. The van der Waals surface area contributed by atoms with Gasteiger partial charge in [0, 0.05) is 17.8 Å². The smallest absolute Gasteiger partial charge is 0.265 e. The van der Waals surface area contributed by atoms with Gasteiger partial charge in [-0.05, 0) is 41.1 Å². The lowest BCUT2D eigenvalue weighted by Gasteiger charge is -2.13. The molecule has 0 saturated heterocycles. The Hall–Kier alpha value is -2.92. The summed E-state index contributed by atoms with van der Waals surface area (Å²) in [5, 5.41) is 7.63. The van der Waals surface area contributed by atoms with Gasteiger partial charge < -0.3 is 10.6 Å². The van der Waals surface area contributed by atoms with Crippen molar-refractivity contribution in [2.45, 2.75) is 12.8 Å². The van der Waals surface area contributed by atoms with E-state index in [1.54, 1.807) is 30.3 Å². The number of thiophene rings is 1. The van der Waals surface area contributed by atoms with Crippen LogP contribution in [0.3, 0.4) is 0 Å². The van der Waals surface area contributed by atoms with Crippen LogP contribution in [-0.4, -0.2) is 18.4 Å². The first-order valence-electron chi connectivity index (χ1n) is 8.41. The van der Waals surface area contributed by atoms with E-state index in [0.29, 0.717) is 22.7 Å². The second kappa shape index (κ2) is 8.45. The number of amides is 2. The molecule has 1 heterocycles. The van der Waals surface area contributed by atoms with Crippen molar-refractivity contribution in [1.29, 1.82) is 0 Å². The van der Waals surface area contributed by atoms with Crippen molar-refractivity contribution in [3.05, 3.63) is 88.1 Å². The lowest BCUT2D eigenvalue weighted by atomic mass is 10.0. The summed E-state index contributed by atoms with van der Waals surface area (Å²) in [6.45, 7) is 2.63. The molecule has 1 aromatic heterocycles. The molecule has 5 heteroatoms. The summed E-state index contributed by atoms with van der Waals surface area (Å²) in [6.07, 6.45) is 0. The van der Waals surface area contributed by atoms with Gasteiger partial charge >= 0.3 is 0 Å². The Kier molecular flexibility index (Phi) is 5.81. The van der Waals surface area contributed by atoms with Crippen LogP contribution in [0.1, 0.15) is 38.4 Å². The number of hydrogen-bond acceptors (Lipinski definition) is 3. The lowest BCUT2D eigenvalue weighted by Crippen LogP contribution is -2.27. The van der Waals surface area contributed by atoms with Crippen molar-refractivity contribution in [3.63, 3.8) is 0 Å². The predicted molar refractivity (Wildman–Crippen MR) is 106 cm³/mol. The fraction of sp³-hybridized carbons (Fsp3) is 0.143. The van der Waals surface area contributed by atoms with Crippen molar-refractivity contribution in [3.8, 4) is 0 Å². The van der Waals surface area contributed by atoms with E-state index >= 15 is 0 Å². The second-order valence-corrected chi connectivity index (χ2v) is 6.98. The molecule has 4 nitrogen and oxygen atoms in total. The highest BCUT2D eigenvalue weighted by Crippen LogP contribution is 2.16. The number of rotatable bonds is 6. The van der Waals surface area contributed by atoms with Crippen LogP contribution in [0, 0.1) is 0 Å². The first-order valence-corrected chi connectivity index (χ1v) is 9.29. The van der Waals surface area contributed by atoms with Crippen LogP contribution in [0.15, 0.2) is 72.1 Å². The maximum Gasteiger partial charge on any atom is 0.265 e. The molecule has 132 valence electrons. The summed E-state index contributed by atoms with van der Waals surface area (Å²) in [7, 11) is 0. The molecule has 0 aliphatic carbocycles. The minimum Gasteiger partial charge on any atom is -0.351 e. The molecule has 0 saturated carbocycles. The molecule has 2 aromatic carbocycles. The van der Waals surface area contributed by atoms with Crippen molar-refractivity contribution in [2.24, 2.45) is 0 Å². The summed E-state index contributed by atoms with van der Waals surface area (Å²) < 4.78 is 0. The molecule has 0 aliphatic rings. The Morgan fingerprint density at radius 1 is 0.962 bits per heavy atom. The van der Waals surface area contributed by atoms with Crippen LogP contribution < -0.4 is 10.6 Å². The van der Waals surface area contributed by atoms with Gasteiger partial charge in [0.1, 0.15) is 0 Å². The van der Waals surface area contributed by atoms with E-state index in [0.717, 1.165) is 0 Å². The van der Waals surface area contributed by atoms with E-state index in [1.807, 2.05) is 29.6 Å². The molecule has 0 spiro atoms. The zero-order valence-electron chi connectivity index (χ0n) is 14.4. The largest absolute Gasteiger partial charge is 0.351 e. The lowest BCUT2D eigenvalue weighted by molar-refractivity contribution is 0.0950. The Labute approximate surface area is 156 Å². The average molecular weight is 364 g/mol. The number of nitrogens with one attached hydrogen (secondary N) is 2. The zero-order chi connectivity index (χ0) is 18.4. The van der Waals surface area contributed by atoms with Gasteiger partial charge in [-0.1, -0.05) is 49.4 Å². The number of carbonyl (C=O) groups excluding carboxylic acids is 2. The van der Waals surface area contributed by atoms with Crippen LogP contribution >= 0.6 is 11.3 Å². The highest BCUT2D eigenvalue weighted by Gasteiger charge is 2.11. The van der Waals surface area contributed by atoms with Gasteiger partial charge in [0.15, 0.2) is 0 Å². The van der Waals surface area contributed by atoms with Crippen molar-refractivity contribution in [1.82, 2.24) is 5.32 Å². The number of carbonyl (C=O) groups is 2. The van der Waals surface area contributed by atoms with Gasteiger partial charge in [-0.2, -0.15) is 0 Å². The highest BCUT2D eigenvalue weighted by atomic mass is 32.1. The Morgan fingerprint density at radius 2 is 1.77 bits per heavy atom. The minimum atomic E-state index is -0.171. The van der Waals surface area contributed by atoms with Crippen LogP contribution in [0.4, 0.5) is 5.69 Å². The zero-order valence-corrected chi connectivity index (χ0v) is 15.3. The molecule has 1 atom stereocenters. The molecule has 0 bridgehead atoms. The van der Waals surface area contributed by atoms with Crippen molar-refractivity contribution >= 4 is 28.8 Å². The van der Waals surface area contributed by atoms with Crippen molar-refractivity contribution in [2.75, 3.05) is 11.9 Å². The van der Waals surface area contributed by atoms with Crippen LogP contribution in [-0.2, 0) is 0 Å². The quantitative estimate of drug-likeness (QED) is 0.675.